The largest absolute Gasteiger partial charge is 0.321 e. The summed E-state index contributed by atoms with van der Waals surface area (Å²) in [5.41, 5.74) is 1.17. The molecule has 0 radical (unpaired) electrons. The number of rotatable bonds is 6. The Morgan fingerprint density at radius 2 is 1.52 bits per heavy atom. The molecule has 4 aromatic carbocycles. The van der Waals surface area contributed by atoms with Gasteiger partial charge in [-0.2, -0.15) is 0 Å². The second kappa shape index (κ2) is 9.57. The molecule has 2 N–H and O–H groups in total. The summed E-state index contributed by atoms with van der Waals surface area (Å²) in [5.74, 6) is -1.03. The topological polar surface area (TPSA) is 101 Å². The molecule has 0 spiro atoms. The Morgan fingerprint density at radius 1 is 0.788 bits per heavy atom. The summed E-state index contributed by atoms with van der Waals surface area (Å²) < 4.78 is 0. The highest BCUT2D eigenvalue weighted by Gasteiger charge is 2.16. The third-order valence-corrected chi connectivity index (χ3v) is 4.93. The fourth-order valence-electron chi connectivity index (χ4n) is 3.30. The first-order chi connectivity index (χ1) is 16.0. The van der Waals surface area contributed by atoms with E-state index in [0.717, 1.165) is 10.8 Å². The highest BCUT2D eigenvalue weighted by molar-refractivity contribution is 6.11. The Hall–Kier alpha value is -4.78. The molecule has 162 valence electrons. The third-order valence-electron chi connectivity index (χ3n) is 4.93. The lowest BCUT2D eigenvalue weighted by atomic mass is 10.1. The van der Waals surface area contributed by atoms with Gasteiger partial charge in [0.1, 0.15) is 5.70 Å². The predicted molar refractivity (Wildman–Crippen MR) is 128 cm³/mol. The predicted octanol–water partition coefficient (Wildman–Crippen LogP) is 5.16. The maximum atomic E-state index is 13.1. The zero-order valence-electron chi connectivity index (χ0n) is 17.4. The van der Waals surface area contributed by atoms with Crippen molar-refractivity contribution in [3.05, 3.63) is 124 Å². The standard InChI is InChI=1S/C26H19N3O4/c30-25(20-9-2-1-3-10-20)28-24(16-18-7-6-12-23(15-18)29(32)33)26(31)27-22-14-13-19-8-4-5-11-21(19)17-22/h1-17H,(H,27,31)(H,28,30). The molecule has 33 heavy (non-hydrogen) atoms. The first-order valence-corrected chi connectivity index (χ1v) is 10.1. The summed E-state index contributed by atoms with van der Waals surface area (Å²) in [4.78, 5) is 36.4. The van der Waals surface area contributed by atoms with Crippen LogP contribution in [0.5, 0.6) is 0 Å². The van der Waals surface area contributed by atoms with Gasteiger partial charge in [-0.3, -0.25) is 19.7 Å². The molecular formula is C26H19N3O4. The Labute approximate surface area is 189 Å². The molecule has 0 aliphatic heterocycles. The summed E-state index contributed by atoms with van der Waals surface area (Å²) in [7, 11) is 0. The molecule has 7 heteroatoms. The van der Waals surface area contributed by atoms with Gasteiger partial charge < -0.3 is 10.6 Å². The molecule has 4 aromatic rings. The van der Waals surface area contributed by atoms with Crippen LogP contribution in [-0.2, 0) is 4.79 Å². The minimum Gasteiger partial charge on any atom is -0.321 e. The van der Waals surface area contributed by atoms with Gasteiger partial charge in [0.25, 0.3) is 17.5 Å². The van der Waals surface area contributed by atoms with Crippen molar-refractivity contribution in [1.29, 1.82) is 0 Å². The van der Waals surface area contributed by atoms with Crippen LogP contribution in [-0.4, -0.2) is 16.7 Å². The second-order valence-corrected chi connectivity index (χ2v) is 7.25. The van der Waals surface area contributed by atoms with Crippen LogP contribution in [0.1, 0.15) is 15.9 Å². The van der Waals surface area contributed by atoms with E-state index in [-0.39, 0.29) is 11.4 Å². The Bertz CT molecular complexity index is 1380. The Kier molecular flexibility index (Phi) is 6.22. The van der Waals surface area contributed by atoms with Crippen LogP contribution < -0.4 is 10.6 Å². The monoisotopic (exact) mass is 437 g/mol. The van der Waals surface area contributed by atoms with E-state index < -0.39 is 16.7 Å². The van der Waals surface area contributed by atoms with Crippen molar-refractivity contribution >= 4 is 40.0 Å². The molecule has 0 fully saturated rings. The lowest BCUT2D eigenvalue weighted by molar-refractivity contribution is -0.384. The van der Waals surface area contributed by atoms with Crippen molar-refractivity contribution in [2.75, 3.05) is 5.32 Å². The number of hydrogen-bond donors (Lipinski definition) is 2. The number of non-ortho nitro benzene ring substituents is 1. The van der Waals surface area contributed by atoms with Crippen LogP contribution >= 0.6 is 0 Å². The highest BCUT2D eigenvalue weighted by atomic mass is 16.6. The number of amides is 2. The van der Waals surface area contributed by atoms with Crippen LogP contribution in [0, 0.1) is 10.1 Å². The number of carbonyl (C=O) groups is 2. The zero-order chi connectivity index (χ0) is 23.2. The van der Waals surface area contributed by atoms with E-state index >= 15 is 0 Å². The van der Waals surface area contributed by atoms with Crippen LogP contribution in [0.2, 0.25) is 0 Å². The van der Waals surface area contributed by atoms with Gasteiger partial charge in [-0.15, -0.1) is 0 Å². The molecule has 0 unspecified atom stereocenters. The molecule has 0 aliphatic rings. The van der Waals surface area contributed by atoms with Gasteiger partial charge in [-0.25, -0.2) is 0 Å². The average Bonchev–Trinajstić information content (AvgIpc) is 2.84. The summed E-state index contributed by atoms with van der Waals surface area (Å²) in [6.07, 6.45) is 1.41. The molecule has 7 nitrogen and oxygen atoms in total. The molecule has 0 aliphatic carbocycles. The van der Waals surface area contributed by atoms with Gasteiger partial charge in [0.15, 0.2) is 0 Å². The molecule has 0 bridgehead atoms. The van der Waals surface area contributed by atoms with Gasteiger partial charge in [0.2, 0.25) is 0 Å². The number of nitro groups is 1. The van der Waals surface area contributed by atoms with Crippen molar-refractivity contribution < 1.29 is 14.5 Å². The summed E-state index contributed by atoms with van der Waals surface area (Å²) in [6, 6.07) is 27.5. The fraction of sp³-hybridized carbons (Fsp3) is 0. The third kappa shape index (κ3) is 5.29. The maximum Gasteiger partial charge on any atom is 0.272 e. The normalized spacial score (nSPS) is 11.1. The van der Waals surface area contributed by atoms with E-state index in [0.29, 0.717) is 16.8 Å². The first-order valence-electron chi connectivity index (χ1n) is 10.1. The van der Waals surface area contributed by atoms with Gasteiger partial charge >= 0.3 is 0 Å². The number of hydrogen-bond acceptors (Lipinski definition) is 4. The maximum absolute atomic E-state index is 13.1. The SMILES string of the molecule is O=C(Nc1ccc2ccccc2c1)C(=Cc1cccc([N+](=O)[O-])c1)NC(=O)c1ccccc1. The van der Waals surface area contributed by atoms with E-state index in [9.17, 15) is 19.7 Å². The number of benzene rings is 4. The highest BCUT2D eigenvalue weighted by Crippen LogP contribution is 2.20. The quantitative estimate of drug-likeness (QED) is 0.247. The van der Waals surface area contributed by atoms with Crippen LogP contribution in [0.25, 0.3) is 16.8 Å². The van der Waals surface area contributed by atoms with Gasteiger partial charge in [0.05, 0.1) is 4.92 Å². The number of carbonyl (C=O) groups excluding carboxylic acids is 2. The molecule has 0 atom stereocenters. The van der Waals surface area contributed by atoms with Gasteiger partial charge in [0, 0.05) is 23.4 Å². The number of nitrogens with zero attached hydrogens (tertiary/aromatic N) is 1. The van der Waals surface area contributed by atoms with Crippen molar-refractivity contribution in [2.45, 2.75) is 0 Å². The van der Waals surface area contributed by atoms with Gasteiger partial charge in [-0.05, 0) is 46.7 Å². The number of fused-ring (bicyclic) bond motifs is 1. The van der Waals surface area contributed by atoms with E-state index in [1.807, 2.05) is 36.4 Å². The Balaban J connectivity index is 1.66. The van der Waals surface area contributed by atoms with E-state index in [4.69, 9.17) is 0 Å². The van der Waals surface area contributed by atoms with E-state index in [1.54, 1.807) is 42.5 Å². The molecule has 0 heterocycles. The number of nitro benzene ring substituents is 1. The van der Waals surface area contributed by atoms with Gasteiger partial charge in [-0.1, -0.05) is 60.7 Å². The van der Waals surface area contributed by atoms with Crippen molar-refractivity contribution in [2.24, 2.45) is 0 Å². The molecule has 0 aromatic heterocycles. The summed E-state index contributed by atoms with van der Waals surface area (Å²) in [5, 5.41) is 18.5. The van der Waals surface area contributed by atoms with E-state index in [1.165, 1.54) is 24.3 Å². The average molecular weight is 437 g/mol. The molecule has 0 saturated heterocycles. The molecular weight excluding hydrogens is 418 g/mol. The summed E-state index contributed by atoms with van der Waals surface area (Å²) in [6.45, 7) is 0. The zero-order valence-corrected chi connectivity index (χ0v) is 17.4. The number of anilines is 1. The lowest BCUT2D eigenvalue weighted by Crippen LogP contribution is -2.30. The minimum atomic E-state index is -0.555. The molecule has 4 rings (SSSR count). The second-order valence-electron chi connectivity index (χ2n) is 7.25. The van der Waals surface area contributed by atoms with Crippen LogP contribution in [0.4, 0.5) is 11.4 Å². The fourth-order valence-corrected chi connectivity index (χ4v) is 3.30. The lowest BCUT2D eigenvalue weighted by Gasteiger charge is -2.12. The first kappa shape index (κ1) is 21.5. The van der Waals surface area contributed by atoms with Crippen molar-refractivity contribution in [3.63, 3.8) is 0 Å². The number of nitrogens with one attached hydrogen (secondary N) is 2. The van der Waals surface area contributed by atoms with Crippen LogP contribution in [0.3, 0.4) is 0 Å². The molecule has 0 saturated carbocycles. The van der Waals surface area contributed by atoms with Crippen LogP contribution in [0.15, 0.2) is 103 Å². The van der Waals surface area contributed by atoms with Crippen molar-refractivity contribution in [3.8, 4) is 0 Å². The van der Waals surface area contributed by atoms with E-state index in [2.05, 4.69) is 10.6 Å². The molecule has 2 amide bonds. The summed E-state index contributed by atoms with van der Waals surface area (Å²) >= 11 is 0. The van der Waals surface area contributed by atoms with Crippen molar-refractivity contribution in [1.82, 2.24) is 5.32 Å². The Morgan fingerprint density at radius 3 is 2.27 bits per heavy atom. The smallest absolute Gasteiger partial charge is 0.272 e. The minimum absolute atomic E-state index is 0.0440.